The summed E-state index contributed by atoms with van der Waals surface area (Å²) in [4.78, 5) is 3.37. The Bertz CT molecular complexity index is 915. The zero-order valence-electron chi connectivity index (χ0n) is 11.9. The Balaban J connectivity index is 1.99. The van der Waals surface area contributed by atoms with Gasteiger partial charge in [-0.2, -0.15) is 26.3 Å². The van der Waals surface area contributed by atoms with Crippen LogP contribution < -0.4 is 4.74 Å². The molecule has 0 bridgehead atoms. The number of oxazole rings is 1. The molecule has 1 heterocycles. The monoisotopic (exact) mass is 425 g/mol. The molecule has 25 heavy (non-hydrogen) atoms. The van der Waals surface area contributed by atoms with Gasteiger partial charge in [-0.1, -0.05) is 0 Å². The van der Waals surface area contributed by atoms with Crippen molar-refractivity contribution in [3.8, 4) is 11.5 Å². The predicted octanol–water partition coefficient (Wildman–Crippen LogP) is 6.42. The number of ether oxygens (including phenoxy) is 1. The van der Waals surface area contributed by atoms with Crippen molar-refractivity contribution >= 4 is 27.0 Å². The first-order valence-corrected chi connectivity index (χ1v) is 7.36. The normalized spacial score (nSPS) is 12.6. The van der Waals surface area contributed by atoms with Crippen LogP contribution in [0.4, 0.5) is 26.3 Å². The lowest BCUT2D eigenvalue weighted by molar-refractivity contribution is -0.156. The molecule has 0 saturated carbocycles. The molecule has 3 nitrogen and oxygen atoms in total. The highest BCUT2D eigenvalue weighted by atomic mass is 79.9. The lowest BCUT2D eigenvalue weighted by atomic mass is 10.2. The summed E-state index contributed by atoms with van der Waals surface area (Å²) in [6.45, 7) is 0. The van der Waals surface area contributed by atoms with E-state index in [0.29, 0.717) is 0 Å². The highest BCUT2D eigenvalue weighted by Crippen LogP contribution is 2.39. The van der Waals surface area contributed by atoms with Gasteiger partial charge in [0.2, 0.25) is 0 Å². The fraction of sp³-hybridized carbons (Fsp3) is 0.133. The van der Waals surface area contributed by atoms with E-state index >= 15 is 0 Å². The molecule has 0 spiro atoms. The molecular formula is C15H6BrF6NO2. The second kappa shape index (κ2) is 5.94. The number of hydrogen-bond donors (Lipinski definition) is 0. The van der Waals surface area contributed by atoms with Crippen LogP contribution in [0.15, 0.2) is 45.3 Å². The van der Waals surface area contributed by atoms with E-state index in [1.165, 1.54) is 12.1 Å². The second-order valence-corrected chi connectivity index (χ2v) is 5.72. The molecule has 1 aromatic heterocycles. The van der Waals surface area contributed by atoms with E-state index in [2.05, 4.69) is 20.9 Å². The number of fused-ring (bicyclic) bond motifs is 1. The fourth-order valence-electron chi connectivity index (χ4n) is 2.00. The van der Waals surface area contributed by atoms with Gasteiger partial charge in [0.1, 0.15) is 5.75 Å². The molecule has 10 heteroatoms. The smallest absolute Gasteiger partial charge is 0.455 e. The summed E-state index contributed by atoms with van der Waals surface area (Å²) in [5.74, 6) is -1.53. The van der Waals surface area contributed by atoms with Gasteiger partial charge >= 0.3 is 18.2 Å². The average molecular weight is 426 g/mol. The lowest BCUT2D eigenvalue weighted by Gasteiger charge is -2.09. The molecule has 0 N–H and O–H groups in total. The molecule has 3 aromatic rings. The molecular weight excluding hydrogens is 420 g/mol. The van der Waals surface area contributed by atoms with Crippen molar-refractivity contribution in [2.24, 2.45) is 0 Å². The highest BCUT2D eigenvalue weighted by molar-refractivity contribution is 9.10. The zero-order chi connectivity index (χ0) is 18.4. The fourth-order valence-corrected chi connectivity index (χ4v) is 2.40. The maximum Gasteiger partial charge on any atom is 0.468 e. The number of halogens is 7. The van der Waals surface area contributed by atoms with E-state index in [1.807, 2.05) is 0 Å². The van der Waals surface area contributed by atoms with Crippen LogP contribution in [0.5, 0.6) is 11.5 Å². The first-order chi connectivity index (χ1) is 11.6. The first kappa shape index (κ1) is 17.6. The Morgan fingerprint density at radius 3 is 2.08 bits per heavy atom. The van der Waals surface area contributed by atoms with Crippen LogP contribution >= 0.6 is 15.9 Å². The van der Waals surface area contributed by atoms with Crippen molar-refractivity contribution in [1.82, 2.24) is 4.98 Å². The highest BCUT2D eigenvalue weighted by Gasteiger charge is 2.38. The van der Waals surface area contributed by atoms with Gasteiger partial charge in [-0.15, -0.1) is 0 Å². The molecule has 0 aliphatic carbocycles. The minimum Gasteiger partial charge on any atom is -0.455 e. The summed E-state index contributed by atoms with van der Waals surface area (Å²) < 4.78 is 86.2. The van der Waals surface area contributed by atoms with Crippen molar-refractivity contribution in [3.63, 3.8) is 0 Å². The molecule has 132 valence electrons. The van der Waals surface area contributed by atoms with Crippen molar-refractivity contribution < 1.29 is 35.5 Å². The first-order valence-electron chi connectivity index (χ1n) is 6.57. The predicted molar refractivity (Wildman–Crippen MR) is 78.2 cm³/mol. The lowest BCUT2D eigenvalue weighted by Crippen LogP contribution is -2.04. The minimum atomic E-state index is -4.79. The molecule has 3 rings (SSSR count). The molecule has 0 fully saturated rings. The van der Waals surface area contributed by atoms with Gasteiger partial charge in [-0.3, -0.25) is 0 Å². The van der Waals surface area contributed by atoms with E-state index in [1.54, 1.807) is 0 Å². The molecule has 0 radical (unpaired) electrons. The van der Waals surface area contributed by atoms with Crippen LogP contribution in [0.1, 0.15) is 11.5 Å². The van der Waals surface area contributed by atoms with Crippen LogP contribution in [0.3, 0.4) is 0 Å². The number of aromatic nitrogens is 1. The largest absolute Gasteiger partial charge is 0.468 e. The van der Waals surface area contributed by atoms with Crippen molar-refractivity contribution in [3.05, 3.63) is 52.3 Å². The number of nitrogens with zero attached hydrogens (tertiary/aromatic N) is 1. The minimum absolute atomic E-state index is 0.00758. The number of hydrogen-bond acceptors (Lipinski definition) is 3. The Hall–Kier alpha value is -2.23. The van der Waals surface area contributed by atoms with Crippen LogP contribution in [-0.4, -0.2) is 4.98 Å². The Kier molecular flexibility index (Phi) is 4.18. The molecule has 0 atom stereocenters. The third kappa shape index (κ3) is 3.58. The molecule has 0 saturated heterocycles. The van der Waals surface area contributed by atoms with E-state index in [-0.39, 0.29) is 27.1 Å². The van der Waals surface area contributed by atoms with Gasteiger partial charge in [0, 0.05) is 0 Å². The SMILES string of the molecule is FC(F)(F)c1ccc(Oc2ccc(Br)c3oc(C(F)(F)F)nc23)cc1. The van der Waals surface area contributed by atoms with E-state index < -0.39 is 23.8 Å². The van der Waals surface area contributed by atoms with Gasteiger partial charge in [-0.05, 0) is 52.3 Å². The number of alkyl halides is 6. The molecule has 2 aromatic carbocycles. The van der Waals surface area contributed by atoms with Gasteiger partial charge in [-0.25, -0.2) is 4.98 Å². The third-order valence-corrected chi connectivity index (χ3v) is 3.73. The van der Waals surface area contributed by atoms with E-state index in [0.717, 1.165) is 24.3 Å². The third-order valence-electron chi connectivity index (χ3n) is 3.11. The standard InChI is InChI=1S/C15H6BrF6NO2/c16-9-5-6-10(11-12(9)25-13(23-11)15(20,21)22)24-8-3-1-7(2-4-8)14(17,18)19/h1-6H. The van der Waals surface area contributed by atoms with Gasteiger partial charge in [0.25, 0.3) is 0 Å². The summed E-state index contributed by atoms with van der Waals surface area (Å²) >= 11 is 3.05. The summed E-state index contributed by atoms with van der Waals surface area (Å²) in [6.07, 6.45) is -9.29. The van der Waals surface area contributed by atoms with E-state index in [4.69, 9.17) is 9.15 Å². The second-order valence-electron chi connectivity index (χ2n) is 4.86. The number of benzene rings is 2. The maximum atomic E-state index is 12.8. The zero-order valence-corrected chi connectivity index (χ0v) is 13.5. The van der Waals surface area contributed by atoms with E-state index in [9.17, 15) is 26.3 Å². The molecule has 0 aliphatic rings. The number of rotatable bonds is 2. The summed E-state index contributed by atoms with van der Waals surface area (Å²) in [7, 11) is 0. The molecule has 0 unspecified atom stereocenters. The summed E-state index contributed by atoms with van der Waals surface area (Å²) in [5, 5.41) is 0. The molecule has 0 amide bonds. The van der Waals surface area contributed by atoms with Crippen molar-refractivity contribution in [2.45, 2.75) is 12.4 Å². The molecule has 0 aliphatic heterocycles. The Morgan fingerprint density at radius 2 is 1.52 bits per heavy atom. The Morgan fingerprint density at radius 1 is 0.880 bits per heavy atom. The van der Waals surface area contributed by atoms with Crippen LogP contribution in [0.25, 0.3) is 11.1 Å². The quantitative estimate of drug-likeness (QED) is 0.444. The van der Waals surface area contributed by atoms with Crippen molar-refractivity contribution in [2.75, 3.05) is 0 Å². The average Bonchev–Trinajstić information content (AvgIpc) is 2.96. The Labute approximate surface area is 144 Å². The van der Waals surface area contributed by atoms with Gasteiger partial charge in [0.05, 0.1) is 10.0 Å². The topological polar surface area (TPSA) is 35.3 Å². The van der Waals surface area contributed by atoms with Crippen molar-refractivity contribution in [1.29, 1.82) is 0 Å². The van der Waals surface area contributed by atoms with Crippen LogP contribution in [-0.2, 0) is 12.4 Å². The van der Waals surface area contributed by atoms with Gasteiger partial charge < -0.3 is 9.15 Å². The van der Waals surface area contributed by atoms with Gasteiger partial charge in [0.15, 0.2) is 16.8 Å². The summed E-state index contributed by atoms with van der Waals surface area (Å²) in [6, 6.07) is 6.42. The summed E-state index contributed by atoms with van der Waals surface area (Å²) in [5.41, 5.74) is -1.26. The maximum absolute atomic E-state index is 12.8. The van der Waals surface area contributed by atoms with Crippen LogP contribution in [0.2, 0.25) is 0 Å². The van der Waals surface area contributed by atoms with Crippen LogP contribution in [0, 0.1) is 0 Å².